The third-order valence-corrected chi connectivity index (χ3v) is 2.45. The van der Waals surface area contributed by atoms with Crippen molar-refractivity contribution in [3.05, 3.63) is 29.8 Å². The molecule has 0 atom stereocenters. The van der Waals surface area contributed by atoms with Crippen LogP contribution < -0.4 is 9.47 Å². The summed E-state index contributed by atoms with van der Waals surface area (Å²) in [6, 6.07) is 5.94. The van der Waals surface area contributed by atoms with E-state index in [4.69, 9.17) is 10.2 Å². The molecule has 7 heteroatoms. The molecule has 19 heavy (non-hydrogen) atoms. The second-order valence-corrected chi connectivity index (χ2v) is 3.64. The summed E-state index contributed by atoms with van der Waals surface area (Å²) in [4.78, 5) is 24.9. The molecule has 1 heterocycles. The largest absolute Gasteiger partial charge is 0.512 e. The smallest absolute Gasteiger partial charge is 0.449 e. The van der Waals surface area contributed by atoms with Gasteiger partial charge in [0, 0.05) is 17.0 Å². The number of rotatable bonds is 2. The van der Waals surface area contributed by atoms with Gasteiger partial charge in [-0.1, -0.05) is 0 Å². The Morgan fingerprint density at radius 2 is 1.74 bits per heavy atom. The minimum Gasteiger partial charge on any atom is -0.449 e. The number of nitrogens with zero attached hydrogens (tertiary/aromatic N) is 1. The number of fused-ring (bicyclic) bond motifs is 1. The first kappa shape index (κ1) is 12.6. The summed E-state index contributed by atoms with van der Waals surface area (Å²) in [5.74, 6) is 0.153. The predicted octanol–water partition coefficient (Wildman–Crippen LogP) is 2.66. The van der Waals surface area contributed by atoms with E-state index in [1.165, 1.54) is 18.2 Å². The van der Waals surface area contributed by atoms with Crippen LogP contribution >= 0.6 is 0 Å². The summed E-state index contributed by atoms with van der Waals surface area (Å²) in [6.45, 7) is 1.68. The lowest BCUT2D eigenvalue weighted by Gasteiger charge is -2.08. The molecule has 0 bridgehead atoms. The minimum absolute atomic E-state index is 0.0497. The molecular formula is C12H9NO6. The average molecular weight is 263 g/mol. The molecule has 0 aliphatic heterocycles. The monoisotopic (exact) mass is 263 g/mol. The number of pyridine rings is 1. The molecule has 2 rings (SSSR count). The summed E-state index contributed by atoms with van der Waals surface area (Å²) >= 11 is 0. The molecule has 0 spiro atoms. The lowest BCUT2D eigenvalue weighted by Crippen LogP contribution is -2.05. The third kappa shape index (κ3) is 2.71. The molecule has 0 saturated carbocycles. The maximum Gasteiger partial charge on any atom is 0.512 e. The molecule has 0 aliphatic carbocycles. The van der Waals surface area contributed by atoms with E-state index in [9.17, 15) is 9.59 Å². The number of aryl methyl sites for hydroxylation is 1. The Bertz CT molecular complexity index is 667. The standard InChI is InChI=1S/C12H9NO6/c1-6-7-2-5-10(19-12(16)17)13-8(7)3-4-9(6)18-11(14)15/h2-5H,1H3,(H,14,15)(H,16,17). The van der Waals surface area contributed by atoms with Crippen LogP contribution in [0.1, 0.15) is 5.56 Å². The Morgan fingerprint density at radius 3 is 2.37 bits per heavy atom. The average Bonchev–Trinajstić information content (AvgIpc) is 2.31. The molecule has 98 valence electrons. The van der Waals surface area contributed by atoms with Gasteiger partial charge >= 0.3 is 12.3 Å². The van der Waals surface area contributed by atoms with Gasteiger partial charge in [0.2, 0.25) is 5.88 Å². The van der Waals surface area contributed by atoms with E-state index in [2.05, 4.69) is 14.5 Å². The number of carboxylic acid groups (broad SMARTS) is 2. The van der Waals surface area contributed by atoms with Crippen LogP contribution in [0.3, 0.4) is 0 Å². The summed E-state index contributed by atoms with van der Waals surface area (Å²) in [5, 5.41) is 17.7. The second-order valence-electron chi connectivity index (χ2n) is 3.64. The predicted molar refractivity (Wildman–Crippen MR) is 63.8 cm³/mol. The number of hydrogen-bond donors (Lipinski definition) is 2. The highest BCUT2D eigenvalue weighted by molar-refractivity contribution is 5.85. The Kier molecular flexibility index (Phi) is 3.19. The van der Waals surface area contributed by atoms with Crippen LogP contribution in [0.15, 0.2) is 24.3 Å². The highest BCUT2D eigenvalue weighted by Gasteiger charge is 2.10. The van der Waals surface area contributed by atoms with Gasteiger partial charge in [0.1, 0.15) is 5.75 Å². The van der Waals surface area contributed by atoms with Crippen molar-refractivity contribution >= 4 is 23.2 Å². The second kappa shape index (κ2) is 4.81. The van der Waals surface area contributed by atoms with Crippen molar-refractivity contribution in [1.29, 1.82) is 0 Å². The van der Waals surface area contributed by atoms with Crippen LogP contribution in [-0.2, 0) is 0 Å². The molecule has 0 fully saturated rings. The molecule has 1 aromatic heterocycles. The highest BCUT2D eigenvalue weighted by Crippen LogP contribution is 2.27. The van der Waals surface area contributed by atoms with E-state index >= 15 is 0 Å². The minimum atomic E-state index is -1.45. The Hall–Kier alpha value is -2.83. The molecule has 2 N–H and O–H groups in total. The molecule has 0 aliphatic rings. The topological polar surface area (TPSA) is 106 Å². The van der Waals surface area contributed by atoms with E-state index in [0.29, 0.717) is 16.5 Å². The van der Waals surface area contributed by atoms with Crippen molar-refractivity contribution in [2.24, 2.45) is 0 Å². The summed E-state index contributed by atoms with van der Waals surface area (Å²) in [7, 11) is 0. The fourth-order valence-corrected chi connectivity index (χ4v) is 1.66. The summed E-state index contributed by atoms with van der Waals surface area (Å²) in [5.41, 5.74) is 1.07. The maximum absolute atomic E-state index is 10.5. The van der Waals surface area contributed by atoms with Gasteiger partial charge in [0.05, 0.1) is 5.52 Å². The SMILES string of the molecule is Cc1c(OC(=O)O)ccc2nc(OC(=O)O)ccc12. The highest BCUT2D eigenvalue weighted by atomic mass is 16.7. The van der Waals surface area contributed by atoms with Crippen molar-refractivity contribution in [1.82, 2.24) is 4.98 Å². The van der Waals surface area contributed by atoms with E-state index < -0.39 is 12.3 Å². The lowest BCUT2D eigenvalue weighted by atomic mass is 10.1. The fourth-order valence-electron chi connectivity index (χ4n) is 1.66. The number of ether oxygens (including phenoxy) is 2. The zero-order chi connectivity index (χ0) is 14.0. The van der Waals surface area contributed by atoms with Gasteiger partial charge in [0.25, 0.3) is 0 Å². The number of carbonyl (C=O) groups is 2. The Morgan fingerprint density at radius 1 is 1.05 bits per heavy atom. The maximum atomic E-state index is 10.5. The van der Waals surface area contributed by atoms with Crippen LogP contribution in [-0.4, -0.2) is 27.5 Å². The van der Waals surface area contributed by atoms with E-state index in [1.807, 2.05) is 0 Å². The van der Waals surface area contributed by atoms with E-state index in [0.717, 1.165) is 0 Å². The van der Waals surface area contributed by atoms with Gasteiger partial charge in [-0.2, -0.15) is 0 Å². The number of aromatic nitrogens is 1. The summed E-state index contributed by atoms with van der Waals surface area (Å²) in [6.07, 6.45) is -2.85. The van der Waals surface area contributed by atoms with Gasteiger partial charge in [-0.05, 0) is 25.1 Å². The quantitative estimate of drug-likeness (QED) is 0.633. The molecule has 7 nitrogen and oxygen atoms in total. The van der Waals surface area contributed by atoms with Crippen LogP contribution in [0, 0.1) is 6.92 Å². The van der Waals surface area contributed by atoms with E-state index in [1.54, 1.807) is 13.0 Å². The van der Waals surface area contributed by atoms with Gasteiger partial charge in [0.15, 0.2) is 0 Å². The van der Waals surface area contributed by atoms with Crippen molar-refractivity contribution in [2.75, 3.05) is 0 Å². The first-order valence-corrected chi connectivity index (χ1v) is 5.19. The molecule has 1 aromatic carbocycles. The van der Waals surface area contributed by atoms with Crippen molar-refractivity contribution in [2.45, 2.75) is 6.92 Å². The zero-order valence-electron chi connectivity index (χ0n) is 9.78. The number of hydrogen-bond acceptors (Lipinski definition) is 5. The molecule has 0 saturated heterocycles. The van der Waals surface area contributed by atoms with Crippen molar-refractivity contribution in [3.63, 3.8) is 0 Å². The fraction of sp³-hybridized carbons (Fsp3) is 0.0833. The first-order chi connectivity index (χ1) is 8.97. The van der Waals surface area contributed by atoms with Crippen molar-refractivity contribution < 1.29 is 29.3 Å². The molecule has 0 amide bonds. The lowest BCUT2D eigenvalue weighted by molar-refractivity contribution is 0.141. The van der Waals surface area contributed by atoms with Crippen LogP contribution in [0.25, 0.3) is 10.9 Å². The van der Waals surface area contributed by atoms with Gasteiger partial charge in [-0.25, -0.2) is 14.6 Å². The Labute approximate surface area is 107 Å². The van der Waals surface area contributed by atoms with Gasteiger partial charge in [-0.15, -0.1) is 0 Å². The molecule has 2 aromatic rings. The molecule has 0 radical (unpaired) electrons. The van der Waals surface area contributed by atoms with Crippen molar-refractivity contribution in [3.8, 4) is 11.6 Å². The Balaban J connectivity index is 2.47. The zero-order valence-corrected chi connectivity index (χ0v) is 9.78. The summed E-state index contributed by atoms with van der Waals surface area (Å²) < 4.78 is 9.05. The van der Waals surface area contributed by atoms with Crippen LogP contribution in [0.5, 0.6) is 11.6 Å². The third-order valence-electron chi connectivity index (χ3n) is 2.45. The normalized spacial score (nSPS) is 10.2. The first-order valence-electron chi connectivity index (χ1n) is 5.19. The number of benzene rings is 1. The van der Waals surface area contributed by atoms with E-state index in [-0.39, 0.29) is 11.6 Å². The van der Waals surface area contributed by atoms with Crippen LogP contribution in [0.4, 0.5) is 9.59 Å². The van der Waals surface area contributed by atoms with Gasteiger partial charge in [-0.3, -0.25) is 0 Å². The van der Waals surface area contributed by atoms with Gasteiger partial charge < -0.3 is 19.7 Å². The van der Waals surface area contributed by atoms with Crippen LogP contribution in [0.2, 0.25) is 0 Å². The molecule has 0 unspecified atom stereocenters. The molecular weight excluding hydrogens is 254 g/mol.